The Morgan fingerprint density at radius 1 is 0.328 bits per heavy atom. The van der Waals surface area contributed by atoms with Crippen molar-refractivity contribution in [3.63, 3.8) is 0 Å². The van der Waals surface area contributed by atoms with Crippen LogP contribution in [0.3, 0.4) is 0 Å². The zero-order valence-corrected chi connectivity index (χ0v) is 40.4. The van der Waals surface area contributed by atoms with E-state index >= 15 is 0 Å². The summed E-state index contributed by atoms with van der Waals surface area (Å²) in [4.78, 5) is 37.9. The number of unbranched alkanes of at least 4 members (excludes halogenated alkanes) is 28. The van der Waals surface area contributed by atoms with E-state index in [1.807, 2.05) is 0 Å². The molecule has 0 aliphatic rings. The molecule has 354 valence electrons. The van der Waals surface area contributed by atoms with E-state index in [0.717, 1.165) is 70.6 Å². The Bertz CT molecular complexity index is 1070. The Hall–Kier alpha value is -2.63. The first-order valence-corrected chi connectivity index (χ1v) is 26.1. The summed E-state index contributed by atoms with van der Waals surface area (Å²) in [5, 5.41) is 0. The third kappa shape index (κ3) is 48.3. The van der Waals surface area contributed by atoms with Crippen molar-refractivity contribution < 1.29 is 28.6 Å². The van der Waals surface area contributed by atoms with Crippen molar-refractivity contribution in [1.29, 1.82) is 0 Å². The van der Waals surface area contributed by atoms with Crippen LogP contribution in [-0.4, -0.2) is 37.2 Å². The van der Waals surface area contributed by atoms with E-state index in [9.17, 15) is 14.4 Å². The third-order valence-electron chi connectivity index (χ3n) is 11.3. The number of hydrogen-bond acceptors (Lipinski definition) is 6. The molecule has 0 aliphatic carbocycles. The predicted octanol–water partition coefficient (Wildman–Crippen LogP) is 17.1. The maximum atomic E-state index is 12.8. The number of hydrogen-bond donors (Lipinski definition) is 0. The number of esters is 3. The molecule has 0 radical (unpaired) electrons. The average Bonchev–Trinajstić information content (AvgIpc) is 3.26. The van der Waals surface area contributed by atoms with Crippen LogP contribution in [0, 0.1) is 0 Å². The van der Waals surface area contributed by atoms with Gasteiger partial charge in [0.1, 0.15) is 13.2 Å². The Kier molecular flexibility index (Phi) is 47.9. The highest BCUT2D eigenvalue weighted by Crippen LogP contribution is 2.15. The monoisotopic (exact) mass is 855 g/mol. The van der Waals surface area contributed by atoms with Crippen molar-refractivity contribution in [3.8, 4) is 0 Å². The first-order valence-electron chi connectivity index (χ1n) is 26.1. The normalized spacial score (nSPS) is 12.4. The number of carbonyl (C=O) groups is 3. The van der Waals surface area contributed by atoms with Gasteiger partial charge in [-0.15, -0.1) is 0 Å². The second kappa shape index (κ2) is 50.0. The fraction of sp³-hybridized carbons (Fsp3) is 0.800. The van der Waals surface area contributed by atoms with Gasteiger partial charge in [0.25, 0.3) is 0 Å². The largest absolute Gasteiger partial charge is 0.462 e. The van der Waals surface area contributed by atoms with E-state index in [4.69, 9.17) is 14.2 Å². The van der Waals surface area contributed by atoms with Gasteiger partial charge < -0.3 is 14.2 Å². The van der Waals surface area contributed by atoms with Gasteiger partial charge in [0.15, 0.2) is 6.10 Å². The van der Waals surface area contributed by atoms with Crippen LogP contribution >= 0.6 is 0 Å². The molecule has 0 unspecified atom stereocenters. The van der Waals surface area contributed by atoms with Crippen LogP contribution < -0.4 is 0 Å². The van der Waals surface area contributed by atoms with Crippen molar-refractivity contribution in [2.45, 2.75) is 271 Å². The predicted molar refractivity (Wildman–Crippen MR) is 261 cm³/mol. The van der Waals surface area contributed by atoms with Gasteiger partial charge in [-0.3, -0.25) is 14.4 Å². The number of carbonyl (C=O) groups excluding carboxylic acids is 3. The summed E-state index contributed by atoms with van der Waals surface area (Å²) >= 11 is 0. The molecule has 0 saturated carbocycles. The molecule has 6 nitrogen and oxygen atoms in total. The Labute approximate surface area is 378 Å². The quantitative estimate of drug-likeness (QED) is 0.0263. The fourth-order valence-electron chi connectivity index (χ4n) is 7.31. The van der Waals surface area contributed by atoms with Crippen LogP contribution in [0.2, 0.25) is 0 Å². The Morgan fingerprint density at radius 2 is 0.607 bits per heavy atom. The molecule has 61 heavy (non-hydrogen) atoms. The van der Waals surface area contributed by atoms with Crippen LogP contribution in [0.15, 0.2) is 48.6 Å². The van der Waals surface area contributed by atoms with Crippen molar-refractivity contribution in [3.05, 3.63) is 48.6 Å². The summed E-state index contributed by atoms with van der Waals surface area (Å²) in [6.07, 6.45) is 59.5. The van der Waals surface area contributed by atoms with Gasteiger partial charge >= 0.3 is 17.9 Å². The topological polar surface area (TPSA) is 78.9 Å². The molecule has 0 aromatic rings. The van der Waals surface area contributed by atoms with Gasteiger partial charge in [-0.25, -0.2) is 0 Å². The van der Waals surface area contributed by atoms with Gasteiger partial charge in [-0.1, -0.05) is 217 Å². The number of ether oxygens (including phenoxy) is 3. The second-order valence-electron chi connectivity index (χ2n) is 17.4. The zero-order chi connectivity index (χ0) is 44.4. The van der Waals surface area contributed by atoms with Crippen LogP contribution in [0.4, 0.5) is 0 Å². The maximum Gasteiger partial charge on any atom is 0.306 e. The van der Waals surface area contributed by atoms with Gasteiger partial charge in [-0.2, -0.15) is 0 Å². The molecule has 1 atom stereocenters. The molecule has 0 spiro atoms. The SMILES string of the molecule is CCCC/C=C\CCCCCCCC(=O)OC[C@H](COC(=O)CCCCCCCCCCCCCCCCCCC)OC(=O)CCCC/C=C\C/C=C\C/C=C\CCCCC. The Morgan fingerprint density at radius 3 is 1.05 bits per heavy atom. The van der Waals surface area contributed by atoms with Crippen LogP contribution in [0.1, 0.15) is 265 Å². The van der Waals surface area contributed by atoms with Crippen molar-refractivity contribution in [2.24, 2.45) is 0 Å². The molecule has 0 aromatic heterocycles. The highest BCUT2D eigenvalue weighted by molar-refractivity contribution is 5.71. The summed E-state index contributed by atoms with van der Waals surface area (Å²) in [7, 11) is 0. The molecule has 0 rings (SSSR count). The number of rotatable bonds is 47. The summed E-state index contributed by atoms with van der Waals surface area (Å²) in [5.74, 6) is -0.930. The van der Waals surface area contributed by atoms with Gasteiger partial charge in [0.05, 0.1) is 0 Å². The summed E-state index contributed by atoms with van der Waals surface area (Å²) in [5.41, 5.74) is 0. The lowest BCUT2D eigenvalue weighted by Gasteiger charge is -2.18. The minimum Gasteiger partial charge on any atom is -0.462 e. The van der Waals surface area contributed by atoms with Crippen LogP contribution in [0.25, 0.3) is 0 Å². The summed E-state index contributed by atoms with van der Waals surface area (Å²) in [6.45, 7) is 6.55. The molecule has 0 heterocycles. The molecule has 0 saturated heterocycles. The molecular formula is C55H98O6. The van der Waals surface area contributed by atoms with Crippen molar-refractivity contribution in [2.75, 3.05) is 13.2 Å². The molecular weight excluding hydrogens is 757 g/mol. The smallest absolute Gasteiger partial charge is 0.306 e. The standard InChI is InChI=1S/C55H98O6/c1-4-7-10-13-16-19-22-24-26-27-29-30-33-36-39-42-45-48-54(57)60-51-52(50-59-53(56)47-44-41-38-35-32-21-18-15-12-9-6-3)61-55(58)49-46-43-40-37-34-31-28-25-23-20-17-14-11-8-5-2/h15,17-18,20,25,28,34,37,52H,4-14,16,19,21-24,26-27,29-33,35-36,38-51H2,1-3H3/b18-15-,20-17-,28-25-,37-34-/t52-/m1/s1. The van der Waals surface area contributed by atoms with Gasteiger partial charge in [0, 0.05) is 19.3 Å². The number of allylic oxidation sites excluding steroid dienone is 8. The van der Waals surface area contributed by atoms with Crippen molar-refractivity contribution >= 4 is 17.9 Å². The third-order valence-corrected chi connectivity index (χ3v) is 11.3. The molecule has 0 N–H and O–H groups in total. The van der Waals surface area contributed by atoms with Crippen molar-refractivity contribution in [1.82, 2.24) is 0 Å². The minimum atomic E-state index is -0.792. The van der Waals surface area contributed by atoms with Crippen LogP contribution in [0.5, 0.6) is 0 Å². The van der Waals surface area contributed by atoms with E-state index in [-0.39, 0.29) is 37.5 Å². The second-order valence-corrected chi connectivity index (χ2v) is 17.4. The highest BCUT2D eigenvalue weighted by atomic mass is 16.6. The molecule has 0 fully saturated rings. The minimum absolute atomic E-state index is 0.0887. The first-order chi connectivity index (χ1) is 30.0. The van der Waals surface area contributed by atoms with Gasteiger partial charge in [-0.05, 0) is 77.0 Å². The van der Waals surface area contributed by atoms with Crippen LogP contribution in [-0.2, 0) is 28.6 Å². The summed E-state index contributed by atoms with van der Waals surface area (Å²) < 4.78 is 16.8. The average molecular weight is 855 g/mol. The molecule has 0 amide bonds. The van der Waals surface area contributed by atoms with E-state index in [1.54, 1.807) is 0 Å². The molecule has 6 heteroatoms. The maximum absolute atomic E-state index is 12.8. The van der Waals surface area contributed by atoms with E-state index < -0.39 is 6.10 Å². The first kappa shape index (κ1) is 58.4. The zero-order valence-electron chi connectivity index (χ0n) is 40.4. The lowest BCUT2D eigenvalue weighted by molar-refractivity contribution is -0.167. The molecule has 0 aromatic carbocycles. The Balaban J connectivity index is 4.39. The van der Waals surface area contributed by atoms with E-state index in [0.29, 0.717) is 19.3 Å². The fourth-order valence-corrected chi connectivity index (χ4v) is 7.31. The molecule has 0 bridgehead atoms. The lowest BCUT2D eigenvalue weighted by atomic mass is 10.0. The lowest BCUT2D eigenvalue weighted by Crippen LogP contribution is -2.30. The van der Waals surface area contributed by atoms with E-state index in [1.165, 1.54) is 148 Å². The highest BCUT2D eigenvalue weighted by Gasteiger charge is 2.19. The summed E-state index contributed by atoms with van der Waals surface area (Å²) in [6, 6.07) is 0. The van der Waals surface area contributed by atoms with E-state index in [2.05, 4.69) is 69.4 Å². The molecule has 0 aliphatic heterocycles. The van der Waals surface area contributed by atoms with Gasteiger partial charge in [0.2, 0.25) is 0 Å².